The summed E-state index contributed by atoms with van der Waals surface area (Å²) < 4.78 is 5.26. The fraction of sp³-hybridized carbons (Fsp3) is 0.375. The fourth-order valence-corrected chi connectivity index (χ4v) is 0.786. The van der Waals surface area contributed by atoms with Crippen LogP contribution in [0.1, 0.15) is 13.3 Å². The van der Waals surface area contributed by atoms with Gasteiger partial charge in [-0.05, 0) is 13.0 Å². The number of hydrogen-bond donors (Lipinski definition) is 0. The van der Waals surface area contributed by atoms with Gasteiger partial charge in [0.25, 0.3) is 0 Å². The van der Waals surface area contributed by atoms with Gasteiger partial charge in [-0.15, -0.1) is 0 Å². The summed E-state index contributed by atoms with van der Waals surface area (Å²) >= 11 is 0. The Hall–Kier alpha value is -0.560. The van der Waals surface area contributed by atoms with Crippen LogP contribution in [0.25, 0.3) is 0 Å². The van der Waals surface area contributed by atoms with E-state index in [-0.39, 0.29) is 0 Å². The molecular formula is C8H11O. The predicted octanol–water partition coefficient (Wildman–Crippen LogP) is 2.07. The topological polar surface area (TPSA) is 9.23 Å². The molecule has 0 N–H and O–H groups in total. The summed E-state index contributed by atoms with van der Waals surface area (Å²) in [5, 5.41) is 0. The smallest absolute Gasteiger partial charge is 0.123 e. The zero-order chi connectivity index (χ0) is 6.53. The van der Waals surface area contributed by atoms with Gasteiger partial charge in [-0.3, -0.25) is 0 Å². The van der Waals surface area contributed by atoms with Crippen LogP contribution < -0.4 is 0 Å². The molecule has 0 aliphatic heterocycles. The van der Waals surface area contributed by atoms with E-state index in [4.69, 9.17) is 4.74 Å². The Bertz CT molecular complexity index is 125. The van der Waals surface area contributed by atoms with Crippen molar-refractivity contribution in [2.24, 2.45) is 0 Å². The Kier molecular flexibility index (Phi) is 2.52. The van der Waals surface area contributed by atoms with Crippen molar-refractivity contribution in [1.29, 1.82) is 0 Å². The van der Waals surface area contributed by atoms with E-state index in [1.807, 2.05) is 25.2 Å². The molecule has 1 rings (SSSR count). The molecule has 0 saturated heterocycles. The van der Waals surface area contributed by atoms with Crippen molar-refractivity contribution in [1.82, 2.24) is 0 Å². The molecule has 1 radical (unpaired) electrons. The lowest BCUT2D eigenvalue weighted by Crippen LogP contribution is -1.99. The molecule has 0 saturated carbocycles. The second-order valence-electron chi connectivity index (χ2n) is 1.89. The van der Waals surface area contributed by atoms with Crippen LogP contribution in [-0.2, 0) is 4.74 Å². The van der Waals surface area contributed by atoms with Gasteiger partial charge in [0.05, 0.1) is 0 Å². The average molecular weight is 123 g/mol. The Morgan fingerprint density at radius 3 is 3.00 bits per heavy atom. The summed E-state index contributed by atoms with van der Waals surface area (Å²) in [5.41, 5.74) is 0. The van der Waals surface area contributed by atoms with Gasteiger partial charge < -0.3 is 4.74 Å². The number of ether oxygens (including phenoxy) is 1. The monoisotopic (exact) mass is 123 g/mol. The first-order valence-corrected chi connectivity index (χ1v) is 3.25. The van der Waals surface area contributed by atoms with Crippen LogP contribution in [0.15, 0.2) is 24.3 Å². The molecule has 49 valence electrons. The molecule has 0 aromatic carbocycles. The highest BCUT2D eigenvalue weighted by Gasteiger charge is 2.03. The third kappa shape index (κ3) is 2.02. The standard InChI is InChI=1S/C8H11O/c1-2-9-8-6-4-3-5-7-8/h3-6H,2,7H2,1H3. The van der Waals surface area contributed by atoms with Crippen molar-refractivity contribution in [2.45, 2.75) is 13.3 Å². The minimum atomic E-state index is 0.771. The molecule has 0 aromatic heterocycles. The Morgan fingerprint density at radius 1 is 1.56 bits per heavy atom. The van der Waals surface area contributed by atoms with Crippen LogP contribution in [0.3, 0.4) is 0 Å². The Balaban J connectivity index is 2.28. The zero-order valence-corrected chi connectivity index (χ0v) is 5.63. The summed E-state index contributed by atoms with van der Waals surface area (Å²) in [6, 6.07) is 0. The molecule has 1 aliphatic carbocycles. The highest BCUT2D eigenvalue weighted by molar-refractivity contribution is 5.19. The highest BCUT2D eigenvalue weighted by atomic mass is 16.5. The summed E-state index contributed by atoms with van der Waals surface area (Å²) in [6.07, 6.45) is 10.1. The third-order valence-electron chi connectivity index (χ3n) is 1.18. The molecular weight excluding hydrogens is 112 g/mol. The summed E-state index contributed by atoms with van der Waals surface area (Å²) in [6.45, 7) is 2.77. The molecule has 1 aliphatic rings. The van der Waals surface area contributed by atoms with E-state index in [0.29, 0.717) is 0 Å². The summed E-state index contributed by atoms with van der Waals surface area (Å²) in [5.74, 6) is 0. The van der Waals surface area contributed by atoms with E-state index in [1.54, 1.807) is 0 Å². The first-order valence-electron chi connectivity index (χ1n) is 3.25. The van der Waals surface area contributed by atoms with Gasteiger partial charge in [0.1, 0.15) is 6.10 Å². The van der Waals surface area contributed by atoms with Gasteiger partial charge in [-0.2, -0.15) is 0 Å². The lowest BCUT2D eigenvalue weighted by molar-refractivity contribution is 0.176. The van der Waals surface area contributed by atoms with E-state index in [0.717, 1.165) is 19.1 Å². The van der Waals surface area contributed by atoms with Crippen molar-refractivity contribution in [2.75, 3.05) is 6.61 Å². The van der Waals surface area contributed by atoms with E-state index in [2.05, 4.69) is 6.08 Å². The van der Waals surface area contributed by atoms with Gasteiger partial charge in [0, 0.05) is 13.0 Å². The van der Waals surface area contributed by atoms with Crippen molar-refractivity contribution >= 4 is 0 Å². The normalized spacial score (nSPS) is 18.8. The minimum Gasteiger partial charge on any atom is -0.367 e. The van der Waals surface area contributed by atoms with Crippen molar-refractivity contribution < 1.29 is 4.74 Å². The van der Waals surface area contributed by atoms with Crippen LogP contribution in [0, 0.1) is 6.10 Å². The van der Waals surface area contributed by atoms with Gasteiger partial charge >= 0.3 is 0 Å². The van der Waals surface area contributed by atoms with Gasteiger partial charge in [-0.1, -0.05) is 18.2 Å². The maximum Gasteiger partial charge on any atom is 0.123 e. The molecule has 0 fully saturated rings. The molecule has 0 unspecified atom stereocenters. The van der Waals surface area contributed by atoms with Crippen molar-refractivity contribution in [3.8, 4) is 0 Å². The number of rotatable bonds is 2. The van der Waals surface area contributed by atoms with E-state index >= 15 is 0 Å². The highest BCUT2D eigenvalue weighted by Crippen LogP contribution is 2.14. The molecule has 0 spiro atoms. The maximum atomic E-state index is 5.26. The van der Waals surface area contributed by atoms with Crippen LogP contribution >= 0.6 is 0 Å². The zero-order valence-electron chi connectivity index (χ0n) is 5.63. The van der Waals surface area contributed by atoms with Crippen LogP contribution in [0.2, 0.25) is 0 Å². The first-order chi connectivity index (χ1) is 4.43. The largest absolute Gasteiger partial charge is 0.367 e. The molecule has 0 amide bonds. The van der Waals surface area contributed by atoms with E-state index < -0.39 is 0 Å². The van der Waals surface area contributed by atoms with Gasteiger partial charge in [-0.25, -0.2) is 0 Å². The van der Waals surface area contributed by atoms with Crippen molar-refractivity contribution in [3.05, 3.63) is 30.4 Å². The lowest BCUT2D eigenvalue weighted by atomic mass is 10.1. The van der Waals surface area contributed by atoms with Gasteiger partial charge in [0.15, 0.2) is 0 Å². The molecule has 9 heavy (non-hydrogen) atoms. The molecule has 1 heteroatoms. The quantitative estimate of drug-likeness (QED) is 0.546. The Labute approximate surface area is 56.0 Å². The van der Waals surface area contributed by atoms with Crippen molar-refractivity contribution in [3.63, 3.8) is 0 Å². The molecule has 0 aromatic rings. The lowest BCUT2D eigenvalue weighted by Gasteiger charge is -2.09. The Morgan fingerprint density at radius 2 is 2.44 bits per heavy atom. The van der Waals surface area contributed by atoms with Crippen LogP contribution in [0.5, 0.6) is 0 Å². The molecule has 0 atom stereocenters. The predicted molar refractivity (Wildman–Crippen MR) is 37.8 cm³/mol. The summed E-state index contributed by atoms with van der Waals surface area (Å²) in [4.78, 5) is 0. The number of hydrogen-bond acceptors (Lipinski definition) is 1. The van der Waals surface area contributed by atoms with Crippen LogP contribution in [-0.4, -0.2) is 6.61 Å². The third-order valence-corrected chi connectivity index (χ3v) is 1.18. The van der Waals surface area contributed by atoms with Crippen LogP contribution in [0.4, 0.5) is 0 Å². The summed E-state index contributed by atoms with van der Waals surface area (Å²) in [7, 11) is 0. The molecule has 0 bridgehead atoms. The van der Waals surface area contributed by atoms with Gasteiger partial charge in [0.2, 0.25) is 0 Å². The average Bonchev–Trinajstić information content (AvgIpc) is 1.91. The minimum absolute atomic E-state index is 0.771. The number of allylic oxidation sites excluding steroid dienone is 2. The fourth-order valence-electron chi connectivity index (χ4n) is 0.786. The first kappa shape index (κ1) is 6.56. The second kappa shape index (κ2) is 3.46. The van der Waals surface area contributed by atoms with E-state index in [9.17, 15) is 0 Å². The molecule has 0 heterocycles. The maximum absolute atomic E-state index is 5.26. The second-order valence-corrected chi connectivity index (χ2v) is 1.89. The van der Waals surface area contributed by atoms with E-state index in [1.165, 1.54) is 0 Å². The SMILES string of the molecule is CCO[C]1C=CC=CC1. The molecule has 1 nitrogen and oxygen atoms in total.